The highest BCUT2D eigenvalue weighted by molar-refractivity contribution is 5.73. The summed E-state index contributed by atoms with van der Waals surface area (Å²) in [5.41, 5.74) is 5.86. The van der Waals surface area contributed by atoms with Crippen molar-refractivity contribution in [1.82, 2.24) is 0 Å². The number of aliphatic hydroxyl groups excluding tert-OH is 1. The maximum Gasteiger partial charge on any atom is 0.122 e. The molecule has 2 rings (SSSR count). The first kappa shape index (κ1) is 18.5. The van der Waals surface area contributed by atoms with Gasteiger partial charge >= 0.3 is 0 Å². The van der Waals surface area contributed by atoms with Gasteiger partial charge in [0, 0.05) is 6.42 Å². The zero-order chi connectivity index (χ0) is 17.9. The lowest BCUT2D eigenvalue weighted by Gasteiger charge is -2.19. The Kier molecular flexibility index (Phi) is 5.68. The minimum Gasteiger partial charge on any atom is -0.493 e. The number of rotatable bonds is 6. The van der Waals surface area contributed by atoms with Gasteiger partial charge in [0.15, 0.2) is 0 Å². The molecule has 24 heavy (non-hydrogen) atoms. The van der Waals surface area contributed by atoms with Crippen molar-refractivity contribution in [2.75, 3.05) is 6.61 Å². The first-order valence-corrected chi connectivity index (χ1v) is 8.39. The Labute approximate surface area is 144 Å². The molecule has 0 aliphatic carbocycles. The van der Waals surface area contributed by atoms with Crippen molar-refractivity contribution >= 4 is 0 Å². The lowest BCUT2D eigenvalue weighted by Crippen LogP contribution is -2.21. The fourth-order valence-electron chi connectivity index (χ4n) is 2.79. The summed E-state index contributed by atoms with van der Waals surface area (Å²) in [6, 6.07) is 10.2. The fourth-order valence-corrected chi connectivity index (χ4v) is 2.79. The maximum absolute atomic E-state index is 9.79. The molecule has 0 fully saturated rings. The van der Waals surface area contributed by atoms with Gasteiger partial charge in [-0.3, -0.25) is 0 Å². The van der Waals surface area contributed by atoms with Gasteiger partial charge < -0.3 is 14.9 Å². The molecule has 0 aliphatic heterocycles. The summed E-state index contributed by atoms with van der Waals surface area (Å²) in [6.45, 7) is 10.3. The van der Waals surface area contributed by atoms with Gasteiger partial charge in [-0.15, -0.1) is 0 Å². The molecular formula is C21H28O3. The van der Waals surface area contributed by atoms with Crippen LogP contribution in [0.15, 0.2) is 30.3 Å². The monoisotopic (exact) mass is 328 g/mol. The largest absolute Gasteiger partial charge is 0.493 e. The average Bonchev–Trinajstić information content (AvgIpc) is 2.49. The van der Waals surface area contributed by atoms with Gasteiger partial charge in [0.05, 0.1) is 18.8 Å². The van der Waals surface area contributed by atoms with Crippen LogP contribution in [0.3, 0.4) is 0 Å². The quantitative estimate of drug-likeness (QED) is 0.830. The van der Waals surface area contributed by atoms with Crippen LogP contribution in [-0.4, -0.2) is 22.4 Å². The molecule has 0 spiro atoms. The molecule has 2 N–H and O–H groups in total. The van der Waals surface area contributed by atoms with Gasteiger partial charge in [-0.25, -0.2) is 0 Å². The van der Waals surface area contributed by atoms with Gasteiger partial charge in [0.1, 0.15) is 5.75 Å². The van der Waals surface area contributed by atoms with E-state index in [9.17, 15) is 10.2 Å². The lowest BCUT2D eigenvalue weighted by atomic mass is 9.92. The van der Waals surface area contributed by atoms with Crippen LogP contribution in [0, 0.1) is 20.8 Å². The fraction of sp³-hybridized carbons (Fsp3) is 0.429. The molecule has 0 saturated heterocycles. The van der Waals surface area contributed by atoms with E-state index in [1.54, 1.807) is 13.8 Å². The van der Waals surface area contributed by atoms with Crippen molar-refractivity contribution < 1.29 is 14.9 Å². The van der Waals surface area contributed by atoms with E-state index in [2.05, 4.69) is 25.1 Å². The van der Waals surface area contributed by atoms with Gasteiger partial charge in [0.2, 0.25) is 0 Å². The number of aliphatic hydroxyl groups is 2. The summed E-state index contributed by atoms with van der Waals surface area (Å²) in [7, 11) is 0. The highest BCUT2D eigenvalue weighted by atomic mass is 16.5. The molecule has 130 valence electrons. The number of benzene rings is 2. The van der Waals surface area contributed by atoms with Crippen LogP contribution in [0.4, 0.5) is 0 Å². The van der Waals surface area contributed by atoms with Crippen LogP contribution in [0.5, 0.6) is 5.75 Å². The average molecular weight is 328 g/mol. The second-order valence-corrected chi connectivity index (χ2v) is 7.09. The van der Waals surface area contributed by atoms with Crippen LogP contribution in [0.2, 0.25) is 0 Å². The van der Waals surface area contributed by atoms with E-state index in [-0.39, 0.29) is 6.61 Å². The Balaban J connectivity index is 2.30. The summed E-state index contributed by atoms with van der Waals surface area (Å²) < 4.78 is 5.86. The summed E-state index contributed by atoms with van der Waals surface area (Å²) in [4.78, 5) is 0. The SMILES string of the molecule is Cc1cc(-c2cccc(CO)c2C)c(C)cc1OCCC(C)(C)O. The maximum atomic E-state index is 9.79. The van der Waals surface area contributed by atoms with Crippen LogP contribution in [0.25, 0.3) is 11.1 Å². The normalized spacial score (nSPS) is 11.6. The minimum atomic E-state index is -0.718. The Bertz CT molecular complexity index is 712. The molecule has 2 aromatic rings. The molecule has 0 heterocycles. The van der Waals surface area contributed by atoms with Crippen LogP contribution in [0.1, 0.15) is 42.5 Å². The second-order valence-electron chi connectivity index (χ2n) is 7.09. The molecule has 3 heteroatoms. The number of hydrogen-bond acceptors (Lipinski definition) is 3. The van der Waals surface area contributed by atoms with Crippen molar-refractivity contribution in [3.63, 3.8) is 0 Å². The third kappa shape index (κ3) is 4.37. The third-order valence-electron chi connectivity index (χ3n) is 4.40. The summed E-state index contributed by atoms with van der Waals surface area (Å²) in [5, 5.41) is 19.3. The Hall–Kier alpha value is -1.84. The molecule has 0 saturated carbocycles. The second kappa shape index (κ2) is 7.37. The molecule has 0 amide bonds. The molecule has 2 aromatic carbocycles. The molecule has 0 atom stereocenters. The molecule has 3 nitrogen and oxygen atoms in total. The highest BCUT2D eigenvalue weighted by Crippen LogP contribution is 2.33. The van der Waals surface area contributed by atoms with Gasteiger partial charge in [-0.05, 0) is 80.1 Å². The zero-order valence-electron chi connectivity index (χ0n) is 15.3. The van der Waals surface area contributed by atoms with E-state index in [0.717, 1.165) is 39.1 Å². The Morgan fingerprint density at radius 1 is 1.00 bits per heavy atom. The van der Waals surface area contributed by atoms with Gasteiger partial charge in [-0.2, -0.15) is 0 Å². The standard InChI is InChI=1S/C21H28O3/c1-14-12-20(24-10-9-21(4,5)23)15(2)11-19(14)18-8-6-7-17(13-22)16(18)3/h6-8,11-12,22-23H,9-10,13H2,1-5H3. The molecule has 0 unspecified atom stereocenters. The van der Waals surface area contributed by atoms with Crippen molar-refractivity contribution in [3.05, 3.63) is 52.6 Å². The summed E-state index contributed by atoms with van der Waals surface area (Å²) in [5.74, 6) is 0.858. The Morgan fingerprint density at radius 3 is 2.33 bits per heavy atom. The first-order valence-electron chi connectivity index (χ1n) is 8.39. The molecule has 0 radical (unpaired) electrons. The van der Waals surface area contributed by atoms with Crippen LogP contribution < -0.4 is 4.74 Å². The van der Waals surface area contributed by atoms with E-state index in [1.165, 1.54) is 0 Å². The molecular weight excluding hydrogens is 300 g/mol. The predicted molar refractivity (Wildman–Crippen MR) is 98.4 cm³/mol. The van der Waals surface area contributed by atoms with E-state index >= 15 is 0 Å². The number of hydrogen-bond donors (Lipinski definition) is 2. The van der Waals surface area contributed by atoms with E-state index in [0.29, 0.717) is 13.0 Å². The van der Waals surface area contributed by atoms with E-state index in [1.807, 2.05) is 26.0 Å². The van der Waals surface area contributed by atoms with E-state index in [4.69, 9.17) is 4.74 Å². The lowest BCUT2D eigenvalue weighted by molar-refractivity contribution is 0.0552. The van der Waals surface area contributed by atoms with Crippen LogP contribution >= 0.6 is 0 Å². The van der Waals surface area contributed by atoms with Gasteiger partial charge in [0.25, 0.3) is 0 Å². The van der Waals surface area contributed by atoms with Crippen molar-refractivity contribution in [2.45, 2.75) is 53.2 Å². The molecule has 0 aliphatic rings. The smallest absolute Gasteiger partial charge is 0.122 e. The Morgan fingerprint density at radius 2 is 1.71 bits per heavy atom. The van der Waals surface area contributed by atoms with E-state index < -0.39 is 5.60 Å². The third-order valence-corrected chi connectivity index (χ3v) is 4.40. The molecule has 0 bridgehead atoms. The topological polar surface area (TPSA) is 49.7 Å². The van der Waals surface area contributed by atoms with Crippen molar-refractivity contribution in [3.8, 4) is 16.9 Å². The first-order chi connectivity index (χ1) is 11.2. The van der Waals surface area contributed by atoms with Gasteiger partial charge in [-0.1, -0.05) is 18.2 Å². The number of aryl methyl sites for hydroxylation is 2. The number of ether oxygens (including phenoxy) is 1. The van der Waals surface area contributed by atoms with Crippen molar-refractivity contribution in [1.29, 1.82) is 0 Å². The van der Waals surface area contributed by atoms with Crippen LogP contribution in [-0.2, 0) is 6.61 Å². The minimum absolute atomic E-state index is 0.0514. The predicted octanol–water partition coefficient (Wildman–Crippen LogP) is 4.31. The summed E-state index contributed by atoms with van der Waals surface area (Å²) >= 11 is 0. The zero-order valence-corrected chi connectivity index (χ0v) is 15.3. The van der Waals surface area contributed by atoms with Crippen molar-refractivity contribution in [2.24, 2.45) is 0 Å². The molecule has 0 aromatic heterocycles. The summed E-state index contributed by atoms with van der Waals surface area (Å²) in [6.07, 6.45) is 0.588. The highest BCUT2D eigenvalue weighted by Gasteiger charge is 2.14.